The zero-order valence-corrected chi connectivity index (χ0v) is 16.2. The minimum Gasteiger partial charge on any atom is -0.357 e. The first kappa shape index (κ1) is 20.5. The lowest BCUT2D eigenvalue weighted by Crippen LogP contribution is -2.39. The number of carbonyl (C=O) groups excluding carboxylic acids is 2. The maximum absolute atomic E-state index is 13.6. The predicted molar refractivity (Wildman–Crippen MR) is 103 cm³/mol. The second kappa shape index (κ2) is 8.44. The molecule has 0 aliphatic carbocycles. The Morgan fingerprint density at radius 3 is 2.34 bits per heavy atom. The van der Waals surface area contributed by atoms with E-state index in [4.69, 9.17) is 0 Å². The van der Waals surface area contributed by atoms with Crippen LogP contribution in [0, 0.1) is 24.4 Å². The van der Waals surface area contributed by atoms with Gasteiger partial charge >= 0.3 is 0 Å². The van der Waals surface area contributed by atoms with Gasteiger partial charge in [-0.05, 0) is 48.9 Å². The van der Waals surface area contributed by atoms with Gasteiger partial charge in [0.05, 0.1) is 5.69 Å². The summed E-state index contributed by atoms with van der Waals surface area (Å²) in [6.45, 7) is 1.63. The van der Waals surface area contributed by atoms with Crippen molar-refractivity contribution in [3.05, 3.63) is 76.1 Å². The summed E-state index contributed by atoms with van der Waals surface area (Å²) < 4.78 is 39.9. The molecule has 0 spiro atoms. The Morgan fingerprint density at radius 1 is 1.03 bits per heavy atom. The molecule has 5 nitrogen and oxygen atoms in total. The van der Waals surface area contributed by atoms with Gasteiger partial charge in [-0.2, -0.15) is 0 Å². The summed E-state index contributed by atoms with van der Waals surface area (Å²) in [6.07, 6.45) is 0. The van der Waals surface area contributed by atoms with Crippen LogP contribution in [0.25, 0.3) is 10.6 Å². The fourth-order valence-corrected chi connectivity index (χ4v) is 3.63. The van der Waals surface area contributed by atoms with Gasteiger partial charge in [-0.1, -0.05) is 6.07 Å². The third kappa shape index (κ3) is 4.45. The Labute approximate surface area is 168 Å². The first-order valence-electron chi connectivity index (χ1n) is 8.51. The molecular weight excluding hydrogens is 403 g/mol. The summed E-state index contributed by atoms with van der Waals surface area (Å²) >= 11 is 1.08. The number of nitrogens with one attached hydrogen (secondary N) is 2. The first-order valence-corrected chi connectivity index (χ1v) is 9.32. The normalized spacial score (nSPS) is 11.8. The summed E-state index contributed by atoms with van der Waals surface area (Å²) in [5.74, 6) is -3.76. The quantitative estimate of drug-likeness (QED) is 0.662. The van der Waals surface area contributed by atoms with Crippen LogP contribution in [0.4, 0.5) is 13.2 Å². The lowest BCUT2D eigenvalue weighted by molar-refractivity contribution is -0.122. The Bertz CT molecular complexity index is 1070. The molecule has 1 unspecified atom stereocenters. The molecule has 2 N–H and O–H groups in total. The maximum atomic E-state index is 13.6. The van der Waals surface area contributed by atoms with Crippen molar-refractivity contribution < 1.29 is 22.8 Å². The van der Waals surface area contributed by atoms with Crippen LogP contribution in [0.5, 0.6) is 0 Å². The van der Waals surface area contributed by atoms with Gasteiger partial charge < -0.3 is 10.6 Å². The molecule has 0 saturated carbocycles. The van der Waals surface area contributed by atoms with Gasteiger partial charge in [0.2, 0.25) is 5.91 Å². The van der Waals surface area contributed by atoms with Gasteiger partial charge in [-0.15, -0.1) is 11.3 Å². The molecule has 3 rings (SSSR count). The third-order valence-electron chi connectivity index (χ3n) is 4.16. The molecule has 29 heavy (non-hydrogen) atoms. The van der Waals surface area contributed by atoms with Gasteiger partial charge in [0.1, 0.15) is 21.7 Å². The molecule has 0 fully saturated rings. The van der Waals surface area contributed by atoms with Crippen LogP contribution >= 0.6 is 11.3 Å². The molecule has 0 bridgehead atoms. The average Bonchev–Trinajstić information content (AvgIpc) is 3.10. The van der Waals surface area contributed by atoms with E-state index < -0.39 is 29.5 Å². The van der Waals surface area contributed by atoms with E-state index in [0.717, 1.165) is 23.5 Å². The van der Waals surface area contributed by atoms with Gasteiger partial charge in [0.25, 0.3) is 5.91 Å². The monoisotopic (exact) mass is 419 g/mol. The van der Waals surface area contributed by atoms with Crippen molar-refractivity contribution in [2.24, 2.45) is 0 Å². The number of halogens is 3. The summed E-state index contributed by atoms with van der Waals surface area (Å²) in [5.41, 5.74) is 1.16. The number of benzene rings is 2. The van der Waals surface area contributed by atoms with Crippen molar-refractivity contribution in [1.29, 1.82) is 0 Å². The number of nitrogens with zero attached hydrogens (tertiary/aromatic N) is 1. The number of rotatable bonds is 5. The fourth-order valence-electron chi connectivity index (χ4n) is 2.66. The van der Waals surface area contributed by atoms with Gasteiger partial charge in [-0.25, -0.2) is 18.2 Å². The molecule has 0 radical (unpaired) electrons. The Morgan fingerprint density at radius 2 is 1.72 bits per heavy atom. The van der Waals surface area contributed by atoms with Crippen LogP contribution in [0.15, 0.2) is 42.5 Å². The number of hydrogen-bond acceptors (Lipinski definition) is 4. The second-order valence-electron chi connectivity index (χ2n) is 6.13. The van der Waals surface area contributed by atoms with Crippen molar-refractivity contribution in [3.8, 4) is 10.6 Å². The summed E-state index contributed by atoms with van der Waals surface area (Å²) in [6, 6.07) is 7.41. The summed E-state index contributed by atoms with van der Waals surface area (Å²) in [5, 5.41) is 5.43. The number of aromatic nitrogens is 1. The molecule has 1 heterocycles. The molecule has 2 aromatic carbocycles. The number of aryl methyl sites for hydroxylation is 1. The SMILES string of the molecule is CNC(=O)C(NC(=O)c1sc(-c2ccc(F)cc2)nc1C)c1ccc(F)c(F)c1. The Kier molecular flexibility index (Phi) is 5.97. The number of carbonyl (C=O) groups is 2. The van der Waals surface area contributed by atoms with Crippen molar-refractivity contribution in [1.82, 2.24) is 15.6 Å². The highest BCUT2D eigenvalue weighted by Crippen LogP contribution is 2.28. The average molecular weight is 419 g/mol. The molecule has 2 amide bonds. The lowest BCUT2D eigenvalue weighted by atomic mass is 10.1. The van der Waals surface area contributed by atoms with Crippen molar-refractivity contribution in [3.63, 3.8) is 0 Å². The van der Waals surface area contributed by atoms with Gasteiger partial charge in [0.15, 0.2) is 11.6 Å². The topological polar surface area (TPSA) is 71.1 Å². The largest absolute Gasteiger partial charge is 0.357 e. The van der Waals surface area contributed by atoms with Crippen LogP contribution in [0.1, 0.15) is 27.0 Å². The molecule has 0 aliphatic rings. The highest BCUT2D eigenvalue weighted by Gasteiger charge is 2.26. The van der Waals surface area contributed by atoms with Crippen molar-refractivity contribution >= 4 is 23.2 Å². The molecule has 9 heteroatoms. The predicted octanol–water partition coefficient (Wildman–Crippen LogP) is 3.75. The van der Waals surface area contributed by atoms with E-state index in [-0.39, 0.29) is 16.3 Å². The molecule has 1 atom stereocenters. The van der Waals surface area contributed by atoms with E-state index in [2.05, 4.69) is 15.6 Å². The van der Waals surface area contributed by atoms with E-state index in [1.807, 2.05) is 0 Å². The minimum absolute atomic E-state index is 0.0949. The zero-order valence-electron chi connectivity index (χ0n) is 15.4. The van der Waals surface area contributed by atoms with Crippen LogP contribution in [0.2, 0.25) is 0 Å². The summed E-state index contributed by atoms with van der Waals surface area (Å²) in [7, 11) is 1.37. The molecular formula is C20H16F3N3O2S. The molecule has 3 aromatic rings. The van der Waals surface area contributed by atoms with Crippen molar-refractivity contribution in [2.45, 2.75) is 13.0 Å². The van der Waals surface area contributed by atoms with Crippen molar-refractivity contribution in [2.75, 3.05) is 7.05 Å². The number of amides is 2. The standard InChI is InChI=1S/C20H16F3N3O2S/c1-10-17(29-20(25-10)11-3-6-13(21)7-4-11)19(28)26-16(18(27)24-2)12-5-8-14(22)15(23)9-12/h3-9,16H,1-2H3,(H,24,27)(H,26,28). The highest BCUT2D eigenvalue weighted by molar-refractivity contribution is 7.17. The number of hydrogen-bond donors (Lipinski definition) is 2. The van der Waals surface area contributed by atoms with Crippen LogP contribution in [0.3, 0.4) is 0 Å². The highest BCUT2D eigenvalue weighted by atomic mass is 32.1. The third-order valence-corrected chi connectivity index (χ3v) is 5.36. The van der Waals surface area contributed by atoms with E-state index in [1.165, 1.54) is 25.2 Å². The molecule has 0 saturated heterocycles. The second-order valence-corrected chi connectivity index (χ2v) is 7.13. The lowest BCUT2D eigenvalue weighted by Gasteiger charge is -2.17. The minimum atomic E-state index is -1.22. The zero-order chi connectivity index (χ0) is 21.1. The Hall–Kier alpha value is -3.20. The maximum Gasteiger partial charge on any atom is 0.264 e. The number of likely N-dealkylation sites (N-methyl/N-ethyl adjacent to an activating group) is 1. The van der Waals surface area contributed by atoms with Crippen LogP contribution in [-0.2, 0) is 4.79 Å². The molecule has 0 aliphatic heterocycles. The summed E-state index contributed by atoms with van der Waals surface area (Å²) in [4.78, 5) is 29.6. The van der Waals surface area contributed by atoms with Crippen LogP contribution < -0.4 is 10.6 Å². The number of thiazole rings is 1. The van der Waals surface area contributed by atoms with E-state index in [0.29, 0.717) is 16.3 Å². The molecule has 150 valence electrons. The first-order chi connectivity index (χ1) is 13.8. The smallest absolute Gasteiger partial charge is 0.264 e. The Balaban J connectivity index is 1.89. The van der Waals surface area contributed by atoms with E-state index in [9.17, 15) is 22.8 Å². The fraction of sp³-hybridized carbons (Fsp3) is 0.150. The van der Waals surface area contributed by atoms with E-state index in [1.54, 1.807) is 19.1 Å². The molecule has 1 aromatic heterocycles. The van der Waals surface area contributed by atoms with Crippen LogP contribution in [-0.4, -0.2) is 23.8 Å². The van der Waals surface area contributed by atoms with E-state index >= 15 is 0 Å². The van der Waals surface area contributed by atoms with Gasteiger partial charge in [0, 0.05) is 12.6 Å². The van der Waals surface area contributed by atoms with Gasteiger partial charge in [-0.3, -0.25) is 9.59 Å².